The van der Waals surface area contributed by atoms with E-state index in [1.165, 1.54) is 12.1 Å². The lowest BCUT2D eigenvalue weighted by atomic mass is 10.3. The van der Waals surface area contributed by atoms with Crippen molar-refractivity contribution in [2.24, 2.45) is 0 Å². The maximum atomic E-state index is 10.6. The van der Waals surface area contributed by atoms with Crippen molar-refractivity contribution in [3.63, 3.8) is 0 Å². The molecule has 2 aromatic rings. The minimum atomic E-state index is -4.52. The number of benzene rings is 2. The second kappa shape index (κ2) is 5.07. The topological polar surface area (TPSA) is 72.8 Å². The van der Waals surface area contributed by atoms with E-state index in [-0.39, 0.29) is 5.75 Å². The number of ether oxygens (including phenoxy) is 1. The summed E-state index contributed by atoms with van der Waals surface area (Å²) in [7, 11) is -4.52. The van der Waals surface area contributed by atoms with Crippen LogP contribution in [0.5, 0.6) is 17.2 Å². The lowest BCUT2D eigenvalue weighted by molar-refractivity contribution is 0.385. The van der Waals surface area contributed by atoms with Gasteiger partial charge in [0.1, 0.15) is 17.2 Å². The van der Waals surface area contributed by atoms with E-state index in [2.05, 4.69) is 4.18 Å². The Balaban J connectivity index is 2.18. The minimum Gasteiger partial charge on any atom is -0.457 e. The Bertz CT molecular complexity index is 622. The SMILES string of the molecule is O=S(=O)(O)Oc1cccc(Oc2ccccc2)c1. The molecule has 6 heteroatoms. The van der Waals surface area contributed by atoms with Crippen LogP contribution in [0.3, 0.4) is 0 Å². The predicted octanol–water partition coefficient (Wildman–Crippen LogP) is 2.66. The summed E-state index contributed by atoms with van der Waals surface area (Å²) in [6.07, 6.45) is 0. The fourth-order valence-corrected chi connectivity index (χ4v) is 1.68. The molecule has 0 radical (unpaired) electrons. The van der Waals surface area contributed by atoms with Crippen LogP contribution < -0.4 is 8.92 Å². The van der Waals surface area contributed by atoms with Crippen LogP contribution in [-0.4, -0.2) is 13.0 Å². The van der Waals surface area contributed by atoms with Gasteiger partial charge in [0.05, 0.1) is 0 Å². The molecule has 0 aromatic heterocycles. The molecular weight excluding hydrogens is 256 g/mol. The Morgan fingerprint density at radius 2 is 1.44 bits per heavy atom. The van der Waals surface area contributed by atoms with Crippen LogP contribution in [0.1, 0.15) is 0 Å². The molecule has 0 aliphatic carbocycles. The first-order valence-corrected chi connectivity index (χ1v) is 6.39. The third-order valence-electron chi connectivity index (χ3n) is 1.99. The summed E-state index contributed by atoms with van der Waals surface area (Å²) in [5, 5.41) is 0. The molecular formula is C12H10O5S. The first kappa shape index (κ1) is 12.4. The largest absolute Gasteiger partial charge is 0.457 e. The van der Waals surface area contributed by atoms with Crippen molar-refractivity contribution in [3.05, 3.63) is 54.6 Å². The van der Waals surface area contributed by atoms with E-state index in [1.54, 1.807) is 24.3 Å². The summed E-state index contributed by atoms with van der Waals surface area (Å²) in [5.74, 6) is 0.995. The van der Waals surface area contributed by atoms with E-state index < -0.39 is 10.4 Å². The lowest BCUT2D eigenvalue weighted by Crippen LogP contribution is -2.06. The van der Waals surface area contributed by atoms with E-state index in [4.69, 9.17) is 9.29 Å². The number of para-hydroxylation sites is 1. The summed E-state index contributed by atoms with van der Waals surface area (Å²) in [5.41, 5.74) is 0. The van der Waals surface area contributed by atoms with Gasteiger partial charge in [-0.05, 0) is 24.3 Å². The van der Waals surface area contributed by atoms with Crippen LogP contribution in [0.2, 0.25) is 0 Å². The second-order valence-corrected chi connectivity index (χ2v) is 4.42. The van der Waals surface area contributed by atoms with E-state index >= 15 is 0 Å². The van der Waals surface area contributed by atoms with E-state index in [0.717, 1.165) is 0 Å². The molecule has 2 aromatic carbocycles. The van der Waals surface area contributed by atoms with E-state index in [1.807, 2.05) is 18.2 Å². The average Bonchev–Trinajstić information content (AvgIpc) is 2.28. The van der Waals surface area contributed by atoms with E-state index in [9.17, 15) is 8.42 Å². The van der Waals surface area contributed by atoms with Gasteiger partial charge in [-0.1, -0.05) is 24.3 Å². The summed E-state index contributed by atoms with van der Waals surface area (Å²) in [6.45, 7) is 0. The zero-order valence-corrected chi connectivity index (χ0v) is 10.0. The van der Waals surface area contributed by atoms with Crippen molar-refractivity contribution in [1.82, 2.24) is 0 Å². The maximum absolute atomic E-state index is 10.6. The highest BCUT2D eigenvalue weighted by molar-refractivity contribution is 7.81. The van der Waals surface area contributed by atoms with Gasteiger partial charge in [0.15, 0.2) is 0 Å². The average molecular weight is 266 g/mol. The second-order valence-electron chi connectivity index (χ2n) is 3.40. The molecule has 5 nitrogen and oxygen atoms in total. The molecule has 2 rings (SSSR count). The van der Waals surface area contributed by atoms with Gasteiger partial charge in [-0.3, -0.25) is 4.55 Å². The smallest absolute Gasteiger partial charge is 0.446 e. The standard InChI is InChI=1S/C12H10O5S/c13-18(14,15)17-12-8-4-7-11(9-12)16-10-5-2-1-3-6-10/h1-9H,(H,13,14,15). The Morgan fingerprint density at radius 1 is 0.833 bits per heavy atom. The van der Waals surface area contributed by atoms with Gasteiger partial charge in [-0.25, -0.2) is 0 Å². The first-order chi connectivity index (χ1) is 8.53. The maximum Gasteiger partial charge on any atom is 0.446 e. The van der Waals surface area contributed by atoms with Gasteiger partial charge < -0.3 is 8.92 Å². The minimum absolute atomic E-state index is 0.0223. The van der Waals surface area contributed by atoms with Crippen molar-refractivity contribution in [3.8, 4) is 17.2 Å². The molecule has 0 amide bonds. The van der Waals surface area contributed by atoms with Crippen molar-refractivity contribution in [1.29, 1.82) is 0 Å². The molecule has 94 valence electrons. The van der Waals surface area contributed by atoms with Crippen molar-refractivity contribution < 1.29 is 21.9 Å². The van der Waals surface area contributed by atoms with Crippen LogP contribution in [0.15, 0.2) is 54.6 Å². The molecule has 0 aliphatic heterocycles. The molecule has 0 unspecified atom stereocenters. The summed E-state index contributed by atoms with van der Waals surface area (Å²) in [6, 6.07) is 15.0. The molecule has 0 saturated carbocycles. The van der Waals surface area contributed by atoms with E-state index in [0.29, 0.717) is 11.5 Å². The van der Waals surface area contributed by atoms with Crippen LogP contribution in [0.4, 0.5) is 0 Å². The van der Waals surface area contributed by atoms with Crippen molar-refractivity contribution in [2.75, 3.05) is 0 Å². The zero-order valence-electron chi connectivity index (χ0n) is 9.18. The molecule has 0 spiro atoms. The zero-order chi connectivity index (χ0) is 13.0. The fourth-order valence-electron chi connectivity index (χ4n) is 1.34. The molecule has 0 fully saturated rings. The van der Waals surface area contributed by atoms with Crippen LogP contribution in [-0.2, 0) is 10.4 Å². The molecule has 0 heterocycles. The number of hydrogen-bond acceptors (Lipinski definition) is 4. The Hall–Kier alpha value is -2.05. The van der Waals surface area contributed by atoms with Crippen molar-refractivity contribution >= 4 is 10.4 Å². The van der Waals surface area contributed by atoms with Crippen LogP contribution in [0, 0.1) is 0 Å². The molecule has 0 atom stereocenters. The highest BCUT2D eigenvalue weighted by Gasteiger charge is 2.07. The fraction of sp³-hybridized carbons (Fsp3) is 0. The number of hydrogen-bond donors (Lipinski definition) is 1. The Labute approximate surface area is 105 Å². The normalized spacial score (nSPS) is 10.9. The van der Waals surface area contributed by atoms with Gasteiger partial charge in [-0.2, -0.15) is 8.42 Å². The Morgan fingerprint density at radius 3 is 2.11 bits per heavy atom. The Kier molecular flexibility index (Phi) is 3.50. The van der Waals surface area contributed by atoms with Crippen LogP contribution >= 0.6 is 0 Å². The first-order valence-electron chi connectivity index (χ1n) is 5.03. The highest BCUT2D eigenvalue weighted by Crippen LogP contribution is 2.25. The molecule has 0 bridgehead atoms. The van der Waals surface area contributed by atoms with Gasteiger partial charge in [0, 0.05) is 6.07 Å². The predicted molar refractivity (Wildman–Crippen MR) is 65.1 cm³/mol. The quantitative estimate of drug-likeness (QED) is 0.861. The third kappa shape index (κ3) is 3.76. The number of rotatable bonds is 4. The summed E-state index contributed by atoms with van der Waals surface area (Å²) in [4.78, 5) is 0. The monoisotopic (exact) mass is 266 g/mol. The van der Waals surface area contributed by atoms with Gasteiger partial charge in [0.25, 0.3) is 0 Å². The molecule has 18 heavy (non-hydrogen) atoms. The molecule has 1 N–H and O–H groups in total. The summed E-state index contributed by atoms with van der Waals surface area (Å²) < 4.78 is 39.5. The van der Waals surface area contributed by atoms with Gasteiger partial charge >= 0.3 is 10.4 Å². The molecule has 0 saturated heterocycles. The third-order valence-corrected chi connectivity index (χ3v) is 2.39. The van der Waals surface area contributed by atoms with Crippen LogP contribution in [0.25, 0.3) is 0 Å². The summed E-state index contributed by atoms with van der Waals surface area (Å²) >= 11 is 0. The van der Waals surface area contributed by atoms with Crippen molar-refractivity contribution in [2.45, 2.75) is 0 Å². The lowest BCUT2D eigenvalue weighted by Gasteiger charge is -2.07. The van der Waals surface area contributed by atoms with Gasteiger partial charge in [0.2, 0.25) is 0 Å². The van der Waals surface area contributed by atoms with Gasteiger partial charge in [-0.15, -0.1) is 0 Å². The highest BCUT2D eigenvalue weighted by atomic mass is 32.3. The molecule has 0 aliphatic rings.